The van der Waals surface area contributed by atoms with Gasteiger partial charge < -0.3 is 10.4 Å². The van der Waals surface area contributed by atoms with Crippen LogP contribution in [-0.4, -0.2) is 28.8 Å². The van der Waals surface area contributed by atoms with Crippen molar-refractivity contribution in [3.05, 3.63) is 59.3 Å². The lowest BCUT2D eigenvalue weighted by molar-refractivity contribution is 0.102. The molecule has 1 saturated heterocycles. The van der Waals surface area contributed by atoms with E-state index in [1.165, 1.54) is 47.6 Å². The van der Waals surface area contributed by atoms with Crippen molar-refractivity contribution in [2.45, 2.75) is 77.4 Å². The minimum atomic E-state index is -0.393. The summed E-state index contributed by atoms with van der Waals surface area (Å²) in [6.45, 7) is 6.70. The highest BCUT2D eigenvalue weighted by molar-refractivity contribution is 7.99. The molecule has 0 aromatic heterocycles. The quantitative estimate of drug-likeness (QED) is 0.595. The van der Waals surface area contributed by atoms with Gasteiger partial charge >= 0.3 is 0 Å². The molecule has 3 heteroatoms. The highest BCUT2D eigenvalue weighted by Gasteiger charge is 2.28. The van der Waals surface area contributed by atoms with Crippen LogP contribution in [0.2, 0.25) is 0 Å². The van der Waals surface area contributed by atoms with Crippen LogP contribution in [0.25, 0.3) is 0 Å². The summed E-state index contributed by atoms with van der Waals surface area (Å²) in [5, 5.41) is 15.2. The van der Waals surface area contributed by atoms with Crippen molar-refractivity contribution in [2.75, 3.05) is 11.5 Å². The van der Waals surface area contributed by atoms with E-state index in [0.717, 1.165) is 25.2 Å². The summed E-state index contributed by atoms with van der Waals surface area (Å²) in [7, 11) is 0. The Morgan fingerprint density at radius 3 is 2.69 bits per heavy atom. The molecule has 0 aliphatic carbocycles. The first-order valence-electron chi connectivity index (χ1n) is 11.5. The Balaban J connectivity index is 1.78. The number of hydrogen-bond acceptors (Lipinski definition) is 3. The van der Waals surface area contributed by atoms with Gasteiger partial charge in [0.15, 0.2) is 0 Å². The maximum atomic E-state index is 11.3. The van der Waals surface area contributed by atoms with Gasteiger partial charge in [-0.3, -0.25) is 0 Å². The van der Waals surface area contributed by atoms with E-state index in [9.17, 15) is 5.11 Å². The van der Waals surface area contributed by atoms with Gasteiger partial charge in [-0.2, -0.15) is 11.8 Å². The van der Waals surface area contributed by atoms with Gasteiger partial charge in [0.25, 0.3) is 0 Å². The zero-order valence-electron chi connectivity index (χ0n) is 18.4. The molecule has 1 fully saturated rings. The van der Waals surface area contributed by atoms with Crippen molar-refractivity contribution in [2.24, 2.45) is 11.8 Å². The molecule has 5 unspecified atom stereocenters. The Morgan fingerprint density at radius 1 is 1.10 bits per heavy atom. The standard InChI is InChI=1S/C26H39NOS/c1-19-11-13-20(2)25(18-22-8-7-16-29-17-15-22)27-24(14-12-19)26(28)21(3)23-9-5-4-6-10-23/h4-6,9-11,13,19,21-22,24,26-28H,7-8,12,14-18H2,1-3H3/b13-11-,25-20+. The molecule has 2 aliphatic rings. The molecule has 1 aromatic rings. The summed E-state index contributed by atoms with van der Waals surface area (Å²) in [5.74, 6) is 4.03. The molecule has 0 amide bonds. The Morgan fingerprint density at radius 2 is 1.90 bits per heavy atom. The van der Waals surface area contributed by atoms with Gasteiger partial charge in [0.05, 0.1) is 12.1 Å². The van der Waals surface area contributed by atoms with Crippen molar-refractivity contribution in [1.82, 2.24) is 5.32 Å². The number of rotatable bonds is 5. The molecule has 29 heavy (non-hydrogen) atoms. The molecule has 5 atom stereocenters. The van der Waals surface area contributed by atoms with Crippen LogP contribution in [0.4, 0.5) is 0 Å². The molecule has 0 bridgehead atoms. The van der Waals surface area contributed by atoms with Crippen LogP contribution in [0.5, 0.6) is 0 Å². The highest BCUT2D eigenvalue weighted by atomic mass is 32.2. The zero-order chi connectivity index (χ0) is 20.6. The second-order valence-electron chi connectivity index (χ2n) is 9.13. The van der Waals surface area contributed by atoms with E-state index < -0.39 is 6.10 Å². The predicted molar refractivity (Wildman–Crippen MR) is 127 cm³/mol. The Kier molecular flexibility index (Phi) is 8.74. The lowest BCUT2D eigenvalue weighted by Crippen LogP contribution is -2.42. The fourth-order valence-corrected chi connectivity index (χ4v) is 5.67. The van der Waals surface area contributed by atoms with E-state index in [1.54, 1.807) is 0 Å². The van der Waals surface area contributed by atoms with Gasteiger partial charge in [-0.25, -0.2) is 0 Å². The minimum Gasteiger partial charge on any atom is -0.390 e. The summed E-state index contributed by atoms with van der Waals surface area (Å²) in [6.07, 6.45) is 11.5. The second kappa shape index (κ2) is 11.3. The predicted octanol–water partition coefficient (Wildman–Crippen LogP) is 6.29. The second-order valence-corrected chi connectivity index (χ2v) is 10.4. The largest absolute Gasteiger partial charge is 0.390 e. The highest BCUT2D eigenvalue weighted by Crippen LogP contribution is 2.31. The van der Waals surface area contributed by atoms with Gasteiger partial charge in [-0.1, -0.05) is 56.3 Å². The average molecular weight is 414 g/mol. The first kappa shape index (κ1) is 22.5. The summed E-state index contributed by atoms with van der Waals surface area (Å²) in [6, 6.07) is 10.6. The molecule has 3 rings (SSSR count). The molecule has 2 N–H and O–H groups in total. The topological polar surface area (TPSA) is 32.3 Å². The van der Waals surface area contributed by atoms with Gasteiger partial charge in [0.2, 0.25) is 0 Å². The zero-order valence-corrected chi connectivity index (χ0v) is 19.3. The van der Waals surface area contributed by atoms with E-state index >= 15 is 0 Å². The number of hydrogen-bond donors (Lipinski definition) is 2. The number of nitrogens with one attached hydrogen (secondary N) is 1. The van der Waals surface area contributed by atoms with Crippen molar-refractivity contribution in [3.8, 4) is 0 Å². The molecule has 160 valence electrons. The maximum absolute atomic E-state index is 11.3. The average Bonchev–Trinajstić information content (AvgIpc) is 2.99. The fourth-order valence-electron chi connectivity index (χ4n) is 4.60. The molecule has 0 saturated carbocycles. The van der Waals surface area contributed by atoms with Crippen LogP contribution in [0, 0.1) is 11.8 Å². The third-order valence-electron chi connectivity index (χ3n) is 6.76. The van der Waals surface area contributed by atoms with Crippen LogP contribution in [-0.2, 0) is 0 Å². The summed E-state index contributed by atoms with van der Waals surface area (Å²) in [4.78, 5) is 0. The molecule has 2 heterocycles. The van der Waals surface area contributed by atoms with Crippen molar-refractivity contribution in [1.29, 1.82) is 0 Å². The summed E-state index contributed by atoms with van der Waals surface area (Å²) >= 11 is 2.11. The maximum Gasteiger partial charge on any atom is 0.0806 e. The molecule has 2 nitrogen and oxygen atoms in total. The third-order valence-corrected chi connectivity index (χ3v) is 7.86. The molecule has 0 radical (unpaired) electrons. The Hall–Kier alpha value is -1.19. The van der Waals surface area contributed by atoms with Crippen LogP contribution >= 0.6 is 11.8 Å². The van der Waals surface area contributed by atoms with Crippen LogP contribution in [0.1, 0.15) is 70.8 Å². The van der Waals surface area contributed by atoms with E-state index in [4.69, 9.17) is 0 Å². The van der Waals surface area contributed by atoms with Crippen LogP contribution in [0.3, 0.4) is 0 Å². The molecular formula is C26H39NOS. The first-order valence-corrected chi connectivity index (χ1v) is 12.6. The number of aliphatic hydroxyl groups excluding tert-OH is 1. The third kappa shape index (κ3) is 6.65. The van der Waals surface area contributed by atoms with Gasteiger partial charge in [0.1, 0.15) is 0 Å². The fraction of sp³-hybridized carbons (Fsp3) is 0.615. The summed E-state index contributed by atoms with van der Waals surface area (Å²) in [5.41, 5.74) is 3.92. The number of thioether (sulfide) groups is 1. The lowest BCUT2D eigenvalue weighted by Gasteiger charge is -2.32. The molecule has 0 spiro atoms. The van der Waals surface area contributed by atoms with E-state index in [-0.39, 0.29) is 12.0 Å². The van der Waals surface area contributed by atoms with Crippen molar-refractivity contribution < 1.29 is 5.11 Å². The lowest BCUT2D eigenvalue weighted by atomic mass is 9.87. The Bertz CT molecular complexity index is 675. The summed E-state index contributed by atoms with van der Waals surface area (Å²) < 4.78 is 0. The molecule has 2 aliphatic heterocycles. The number of aliphatic hydroxyl groups is 1. The van der Waals surface area contributed by atoms with Gasteiger partial charge in [-0.15, -0.1) is 0 Å². The van der Waals surface area contributed by atoms with E-state index in [2.05, 4.69) is 74.3 Å². The smallest absolute Gasteiger partial charge is 0.0806 e. The van der Waals surface area contributed by atoms with Crippen LogP contribution in [0.15, 0.2) is 53.8 Å². The van der Waals surface area contributed by atoms with E-state index in [1.807, 2.05) is 6.07 Å². The van der Waals surface area contributed by atoms with Gasteiger partial charge in [-0.05, 0) is 79.9 Å². The monoisotopic (exact) mass is 413 g/mol. The number of benzene rings is 1. The Labute approximate surface area is 182 Å². The SMILES string of the molecule is CC1=C(/CC2CCCSCC2)NC(C(O)C(C)c2ccccc2)CCC(C)/C=C\1. The van der Waals surface area contributed by atoms with Crippen molar-refractivity contribution in [3.63, 3.8) is 0 Å². The minimum absolute atomic E-state index is 0.0951. The molecule has 1 aromatic carbocycles. The number of allylic oxidation sites excluding steroid dienone is 4. The van der Waals surface area contributed by atoms with Crippen molar-refractivity contribution >= 4 is 11.8 Å². The normalized spacial score (nSPS) is 32.1. The van der Waals surface area contributed by atoms with Crippen LogP contribution < -0.4 is 5.32 Å². The van der Waals surface area contributed by atoms with Gasteiger partial charge in [0, 0.05) is 11.6 Å². The first-order chi connectivity index (χ1) is 14.0. The molecular weight excluding hydrogens is 374 g/mol. The van der Waals surface area contributed by atoms with E-state index in [0.29, 0.717) is 5.92 Å².